The van der Waals surface area contributed by atoms with Crippen LogP contribution < -0.4 is 10.1 Å². The van der Waals surface area contributed by atoms with Gasteiger partial charge in [0, 0.05) is 12.0 Å². The molecule has 5 nitrogen and oxygen atoms in total. The lowest BCUT2D eigenvalue weighted by atomic mass is 10.1. The van der Waals surface area contributed by atoms with Crippen molar-refractivity contribution in [2.75, 3.05) is 13.2 Å². The molecule has 5 heteroatoms. The molecule has 1 fully saturated rings. The van der Waals surface area contributed by atoms with Gasteiger partial charge in [0.05, 0.1) is 13.2 Å². The Balaban J connectivity index is 1.88. The summed E-state index contributed by atoms with van der Waals surface area (Å²) in [6, 6.07) is 6.38. The van der Waals surface area contributed by atoms with Gasteiger partial charge in [0.2, 0.25) is 0 Å². The van der Waals surface area contributed by atoms with Crippen LogP contribution in [0.2, 0.25) is 0 Å². The summed E-state index contributed by atoms with van der Waals surface area (Å²) >= 11 is 0. The number of benzene rings is 1. The van der Waals surface area contributed by atoms with E-state index < -0.39 is 6.04 Å². The molecule has 0 aromatic heterocycles. The number of unbranched alkanes of at least 4 members (excludes halogenated alkanes) is 1. The number of hydrogen-bond acceptors (Lipinski definition) is 4. The Morgan fingerprint density at radius 3 is 2.75 bits per heavy atom. The fraction of sp³-hybridized carbons (Fsp3) is 0.467. The smallest absolute Gasteiger partial charge is 0.328 e. The minimum atomic E-state index is -0.525. The molecule has 0 radical (unpaired) electrons. The second kappa shape index (κ2) is 6.93. The number of cyclic esters (lactones) is 1. The van der Waals surface area contributed by atoms with E-state index in [1.165, 1.54) is 0 Å². The van der Waals surface area contributed by atoms with Crippen LogP contribution in [0.5, 0.6) is 5.75 Å². The number of esters is 1. The largest absolute Gasteiger partial charge is 0.494 e. The van der Waals surface area contributed by atoms with Crippen molar-refractivity contribution in [2.45, 2.75) is 32.2 Å². The Kier molecular flexibility index (Phi) is 4.98. The third kappa shape index (κ3) is 3.73. The maximum Gasteiger partial charge on any atom is 0.328 e. The predicted molar refractivity (Wildman–Crippen MR) is 73.7 cm³/mol. The van der Waals surface area contributed by atoms with Crippen molar-refractivity contribution >= 4 is 11.9 Å². The highest BCUT2D eigenvalue weighted by Gasteiger charge is 2.28. The first-order valence-electron chi connectivity index (χ1n) is 6.91. The Hall–Kier alpha value is -2.04. The van der Waals surface area contributed by atoms with Gasteiger partial charge >= 0.3 is 5.97 Å². The highest BCUT2D eigenvalue weighted by molar-refractivity contribution is 5.97. The minimum Gasteiger partial charge on any atom is -0.494 e. The van der Waals surface area contributed by atoms with Crippen LogP contribution in [0.15, 0.2) is 24.3 Å². The van der Waals surface area contributed by atoms with E-state index in [2.05, 4.69) is 12.2 Å². The summed E-state index contributed by atoms with van der Waals surface area (Å²) in [6.07, 6.45) is 2.62. The zero-order valence-electron chi connectivity index (χ0n) is 11.6. The fourth-order valence-electron chi connectivity index (χ4n) is 1.91. The van der Waals surface area contributed by atoms with Gasteiger partial charge in [0.25, 0.3) is 5.91 Å². The molecule has 1 aliphatic rings. The SMILES string of the molecule is CCCCOc1ccc(C(=O)NC2CCOC2=O)cc1. The lowest BCUT2D eigenvalue weighted by Gasteiger charge is -2.09. The molecular weight excluding hydrogens is 258 g/mol. The first-order valence-corrected chi connectivity index (χ1v) is 6.91. The summed E-state index contributed by atoms with van der Waals surface area (Å²) in [6.45, 7) is 3.15. The number of hydrogen-bond donors (Lipinski definition) is 1. The molecule has 108 valence electrons. The van der Waals surface area contributed by atoms with Crippen molar-refractivity contribution in [2.24, 2.45) is 0 Å². The number of ether oxygens (including phenoxy) is 2. The van der Waals surface area contributed by atoms with Crippen molar-refractivity contribution in [3.63, 3.8) is 0 Å². The van der Waals surface area contributed by atoms with Gasteiger partial charge in [-0.25, -0.2) is 4.79 Å². The average Bonchev–Trinajstić information content (AvgIpc) is 2.85. The molecule has 1 saturated heterocycles. The molecule has 1 unspecified atom stereocenters. The van der Waals surface area contributed by atoms with E-state index in [1.807, 2.05) is 0 Å². The number of carbonyl (C=O) groups excluding carboxylic acids is 2. The van der Waals surface area contributed by atoms with E-state index >= 15 is 0 Å². The third-order valence-corrected chi connectivity index (χ3v) is 3.12. The molecule has 0 spiro atoms. The van der Waals surface area contributed by atoms with Crippen molar-refractivity contribution in [3.8, 4) is 5.75 Å². The summed E-state index contributed by atoms with van der Waals surface area (Å²) < 4.78 is 10.3. The van der Waals surface area contributed by atoms with E-state index in [-0.39, 0.29) is 11.9 Å². The highest BCUT2D eigenvalue weighted by atomic mass is 16.5. The molecule has 0 saturated carbocycles. The molecule has 1 aromatic rings. The second-order valence-electron chi connectivity index (χ2n) is 4.71. The molecule has 1 heterocycles. The first kappa shape index (κ1) is 14.4. The molecule has 1 aromatic carbocycles. The molecule has 20 heavy (non-hydrogen) atoms. The van der Waals surface area contributed by atoms with E-state index in [1.54, 1.807) is 24.3 Å². The van der Waals surface area contributed by atoms with Crippen LogP contribution in [0.4, 0.5) is 0 Å². The number of nitrogens with one attached hydrogen (secondary N) is 1. The van der Waals surface area contributed by atoms with Crippen LogP contribution in [0.1, 0.15) is 36.5 Å². The summed E-state index contributed by atoms with van der Waals surface area (Å²) in [4.78, 5) is 23.2. The summed E-state index contributed by atoms with van der Waals surface area (Å²) in [5.74, 6) is 0.113. The zero-order valence-corrected chi connectivity index (χ0v) is 11.6. The van der Waals surface area contributed by atoms with E-state index in [9.17, 15) is 9.59 Å². The van der Waals surface area contributed by atoms with Gasteiger partial charge in [-0.2, -0.15) is 0 Å². The lowest BCUT2D eigenvalue weighted by molar-refractivity contribution is -0.139. The van der Waals surface area contributed by atoms with Crippen LogP contribution in [0.25, 0.3) is 0 Å². The van der Waals surface area contributed by atoms with E-state index in [0.717, 1.165) is 18.6 Å². The van der Waals surface area contributed by atoms with Crippen LogP contribution >= 0.6 is 0 Å². The fourth-order valence-corrected chi connectivity index (χ4v) is 1.91. The van der Waals surface area contributed by atoms with Crippen LogP contribution in [-0.4, -0.2) is 31.1 Å². The standard InChI is InChI=1S/C15H19NO4/c1-2-3-9-19-12-6-4-11(5-7-12)14(17)16-13-8-10-20-15(13)18/h4-7,13H,2-3,8-10H2,1H3,(H,16,17). The van der Waals surface area contributed by atoms with Gasteiger partial charge in [-0.3, -0.25) is 4.79 Å². The Labute approximate surface area is 118 Å². The summed E-state index contributed by atoms with van der Waals surface area (Å²) in [5.41, 5.74) is 0.507. The van der Waals surface area contributed by atoms with Crippen molar-refractivity contribution in [1.82, 2.24) is 5.32 Å². The van der Waals surface area contributed by atoms with Gasteiger partial charge in [-0.15, -0.1) is 0 Å². The van der Waals surface area contributed by atoms with Gasteiger partial charge in [0.15, 0.2) is 0 Å². The second-order valence-corrected chi connectivity index (χ2v) is 4.71. The Bertz CT molecular complexity index is 469. The molecule has 1 aliphatic heterocycles. The highest BCUT2D eigenvalue weighted by Crippen LogP contribution is 2.14. The molecular formula is C15H19NO4. The molecule has 0 bridgehead atoms. The molecule has 1 atom stereocenters. The Morgan fingerprint density at radius 1 is 1.40 bits per heavy atom. The molecule has 0 aliphatic carbocycles. The third-order valence-electron chi connectivity index (χ3n) is 3.12. The van der Waals surface area contributed by atoms with Crippen LogP contribution in [0, 0.1) is 0 Å². The van der Waals surface area contributed by atoms with E-state index in [0.29, 0.717) is 25.2 Å². The predicted octanol–water partition coefficient (Wildman–Crippen LogP) is 1.91. The summed E-state index contributed by atoms with van der Waals surface area (Å²) in [5, 5.41) is 2.66. The lowest BCUT2D eigenvalue weighted by Crippen LogP contribution is -2.37. The van der Waals surface area contributed by atoms with Gasteiger partial charge < -0.3 is 14.8 Å². The zero-order chi connectivity index (χ0) is 14.4. The minimum absolute atomic E-state index is 0.269. The monoisotopic (exact) mass is 277 g/mol. The quantitative estimate of drug-likeness (QED) is 0.637. The van der Waals surface area contributed by atoms with Crippen molar-refractivity contribution < 1.29 is 19.1 Å². The maximum atomic E-state index is 12.0. The number of rotatable bonds is 6. The number of carbonyl (C=O) groups is 2. The van der Waals surface area contributed by atoms with Crippen LogP contribution in [0.3, 0.4) is 0 Å². The van der Waals surface area contributed by atoms with Gasteiger partial charge in [-0.1, -0.05) is 13.3 Å². The van der Waals surface area contributed by atoms with Crippen LogP contribution in [-0.2, 0) is 9.53 Å². The van der Waals surface area contributed by atoms with Gasteiger partial charge in [0.1, 0.15) is 11.8 Å². The molecule has 1 amide bonds. The van der Waals surface area contributed by atoms with Gasteiger partial charge in [-0.05, 0) is 30.7 Å². The molecule has 2 rings (SSSR count). The Morgan fingerprint density at radius 2 is 2.15 bits per heavy atom. The first-order chi connectivity index (χ1) is 9.70. The number of amides is 1. The maximum absolute atomic E-state index is 12.0. The molecule has 1 N–H and O–H groups in total. The average molecular weight is 277 g/mol. The van der Waals surface area contributed by atoms with Crippen molar-refractivity contribution in [1.29, 1.82) is 0 Å². The topological polar surface area (TPSA) is 64.6 Å². The van der Waals surface area contributed by atoms with E-state index in [4.69, 9.17) is 9.47 Å². The summed E-state index contributed by atoms with van der Waals surface area (Å²) in [7, 11) is 0. The normalized spacial score (nSPS) is 17.6. The van der Waals surface area contributed by atoms with Crippen molar-refractivity contribution in [3.05, 3.63) is 29.8 Å².